The van der Waals surface area contributed by atoms with E-state index in [-0.39, 0.29) is 0 Å². The standard InChI is InChI=1S/C24H18ClN3O2S/c1-29-23-13-16(10-11-22(23)30-15-17-6-2-3-7-19(17)25)12-18(14-26)31-24-27-20-8-4-5-9-21(20)28-24/h2-13H,15H2,1H3,(H,27,28)/b18-12+. The van der Waals surface area contributed by atoms with Crippen LogP contribution >= 0.6 is 23.4 Å². The van der Waals surface area contributed by atoms with Gasteiger partial charge in [0, 0.05) is 10.6 Å². The molecule has 0 spiro atoms. The molecule has 0 atom stereocenters. The Bertz CT molecular complexity index is 1260. The van der Waals surface area contributed by atoms with Gasteiger partial charge in [0.2, 0.25) is 0 Å². The number of aromatic nitrogens is 2. The smallest absolute Gasteiger partial charge is 0.171 e. The minimum atomic E-state index is 0.330. The van der Waals surface area contributed by atoms with Crippen molar-refractivity contribution < 1.29 is 9.47 Å². The van der Waals surface area contributed by atoms with Crippen LogP contribution < -0.4 is 9.47 Å². The van der Waals surface area contributed by atoms with E-state index in [4.69, 9.17) is 21.1 Å². The maximum absolute atomic E-state index is 9.59. The van der Waals surface area contributed by atoms with E-state index in [0.717, 1.165) is 22.2 Å². The number of nitriles is 1. The normalized spacial score (nSPS) is 11.3. The molecule has 31 heavy (non-hydrogen) atoms. The third kappa shape index (κ3) is 5.02. The molecule has 0 fully saturated rings. The summed E-state index contributed by atoms with van der Waals surface area (Å²) in [6, 6.07) is 23.0. The first kappa shape index (κ1) is 20.9. The highest BCUT2D eigenvalue weighted by molar-refractivity contribution is 8.03. The van der Waals surface area contributed by atoms with Crippen molar-refractivity contribution >= 4 is 40.5 Å². The highest BCUT2D eigenvalue weighted by atomic mass is 35.5. The largest absolute Gasteiger partial charge is 0.493 e. The monoisotopic (exact) mass is 447 g/mol. The topological polar surface area (TPSA) is 70.9 Å². The van der Waals surface area contributed by atoms with Crippen LogP contribution in [0.4, 0.5) is 0 Å². The molecule has 7 heteroatoms. The van der Waals surface area contributed by atoms with Crippen molar-refractivity contribution in [1.82, 2.24) is 9.97 Å². The van der Waals surface area contributed by atoms with Crippen molar-refractivity contribution in [3.63, 3.8) is 0 Å². The summed E-state index contributed by atoms with van der Waals surface area (Å²) < 4.78 is 11.4. The van der Waals surface area contributed by atoms with Crippen LogP contribution in [0.2, 0.25) is 5.02 Å². The number of aromatic amines is 1. The molecule has 0 bridgehead atoms. The number of benzene rings is 3. The lowest BCUT2D eigenvalue weighted by atomic mass is 10.2. The Labute approximate surface area is 189 Å². The lowest BCUT2D eigenvalue weighted by Gasteiger charge is -2.12. The molecule has 1 N–H and O–H groups in total. The fraction of sp³-hybridized carbons (Fsp3) is 0.0833. The number of para-hydroxylation sites is 2. The maximum Gasteiger partial charge on any atom is 0.171 e. The van der Waals surface area contributed by atoms with E-state index in [0.29, 0.717) is 33.2 Å². The van der Waals surface area contributed by atoms with Crippen molar-refractivity contribution in [3.05, 3.63) is 87.8 Å². The van der Waals surface area contributed by atoms with Crippen LogP contribution in [-0.2, 0) is 6.61 Å². The van der Waals surface area contributed by atoms with Crippen LogP contribution in [0.3, 0.4) is 0 Å². The van der Waals surface area contributed by atoms with Crippen LogP contribution in [0.25, 0.3) is 17.1 Å². The number of imidazole rings is 1. The Kier molecular flexibility index (Phi) is 6.46. The van der Waals surface area contributed by atoms with Gasteiger partial charge in [-0.25, -0.2) is 4.98 Å². The first-order valence-corrected chi connectivity index (χ1v) is 10.6. The fourth-order valence-electron chi connectivity index (χ4n) is 2.98. The molecule has 0 unspecified atom stereocenters. The van der Waals surface area contributed by atoms with Gasteiger partial charge in [0.15, 0.2) is 16.7 Å². The predicted molar refractivity (Wildman–Crippen MR) is 124 cm³/mol. The second kappa shape index (κ2) is 9.61. The first-order chi connectivity index (χ1) is 15.2. The minimum Gasteiger partial charge on any atom is -0.493 e. The van der Waals surface area contributed by atoms with Crippen LogP contribution in [-0.4, -0.2) is 17.1 Å². The van der Waals surface area contributed by atoms with Gasteiger partial charge in [0.05, 0.1) is 23.0 Å². The molecule has 0 radical (unpaired) electrons. The van der Waals surface area contributed by atoms with Gasteiger partial charge >= 0.3 is 0 Å². The molecule has 4 aromatic rings. The molecule has 0 amide bonds. The summed E-state index contributed by atoms with van der Waals surface area (Å²) in [5, 5.41) is 10.9. The van der Waals surface area contributed by atoms with Gasteiger partial charge in [-0.1, -0.05) is 48.0 Å². The van der Waals surface area contributed by atoms with Crippen molar-refractivity contribution in [2.45, 2.75) is 11.8 Å². The van der Waals surface area contributed by atoms with Gasteiger partial charge in [-0.2, -0.15) is 5.26 Å². The Morgan fingerprint density at radius 3 is 2.71 bits per heavy atom. The number of fused-ring (bicyclic) bond motifs is 1. The maximum atomic E-state index is 9.59. The summed E-state index contributed by atoms with van der Waals surface area (Å²) in [6.07, 6.45) is 1.79. The van der Waals surface area contributed by atoms with Crippen LogP contribution in [0.15, 0.2) is 76.8 Å². The van der Waals surface area contributed by atoms with Gasteiger partial charge in [0.25, 0.3) is 0 Å². The number of hydrogen-bond acceptors (Lipinski definition) is 5. The van der Waals surface area contributed by atoms with Gasteiger partial charge in [-0.3, -0.25) is 0 Å². The zero-order valence-corrected chi connectivity index (χ0v) is 18.2. The van der Waals surface area contributed by atoms with Gasteiger partial charge < -0.3 is 14.5 Å². The highest BCUT2D eigenvalue weighted by Gasteiger charge is 2.10. The van der Waals surface area contributed by atoms with Crippen LogP contribution in [0.1, 0.15) is 11.1 Å². The fourth-order valence-corrected chi connectivity index (χ4v) is 3.93. The number of thioether (sulfide) groups is 1. The summed E-state index contributed by atoms with van der Waals surface area (Å²) in [4.78, 5) is 8.23. The lowest BCUT2D eigenvalue weighted by molar-refractivity contribution is 0.284. The average molecular weight is 448 g/mol. The van der Waals surface area contributed by atoms with Crippen LogP contribution in [0.5, 0.6) is 11.5 Å². The third-order valence-corrected chi connectivity index (χ3v) is 5.70. The number of methoxy groups -OCH3 is 1. The number of halogens is 1. The second-order valence-electron chi connectivity index (χ2n) is 6.57. The molecular formula is C24H18ClN3O2S. The summed E-state index contributed by atoms with van der Waals surface area (Å²) in [7, 11) is 1.58. The number of nitrogens with zero attached hydrogens (tertiary/aromatic N) is 2. The number of nitrogens with one attached hydrogen (secondary N) is 1. The Morgan fingerprint density at radius 2 is 1.94 bits per heavy atom. The lowest BCUT2D eigenvalue weighted by Crippen LogP contribution is -1.98. The van der Waals surface area contributed by atoms with E-state index in [9.17, 15) is 5.26 Å². The van der Waals surface area contributed by atoms with Crippen molar-refractivity contribution in [2.24, 2.45) is 0 Å². The van der Waals surface area contributed by atoms with Crippen LogP contribution in [0, 0.1) is 11.3 Å². The van der Waals surface area contributed by atoms with E-state index < -0.39 is 0 Å². The molecule has 0 saturated heterocycles. The number of hydrogen-bond donors (Lipinski definition) is 1. The summed E-state index contributed by atoms with van der Waals surface area (Å²) >= 11 is 7.48. The van der Waals surface area contributed by atoms with Gasteiger partial charge in [-0.05, 0) is 53.7 Å². The Balaban J connectivity index is 1.52. The quantitative estimate of drug-likeness (QED) is 0.260. The molecule has 1 aromatic heterocycles. The molecule has 3 aromatic carbocycles. The summed E-state index contributed by atoms with van der Waals surface area (Å²) in [5.74, 6) is 1.18. The molecule has 1 heterocycles. The van der Waals surface area contributed by atoms with Crippen molar-refractivity contribution in [1.29, 1.82) is 5.26 Å². The minimum absolute atomic E-state index is 0.330. The molecule has 154 valence electrons. The average Bonchev–Trinajstić information content (AvgIpc) is 3.21. The molecule has 0 aliphatic heterocycles. The molecule has 5 nitrogen and oxygen atoms in total. The van der Waals surface area contributed by atoms with E-state index in [1.165, 1.54) is 11.8 Å². The number of allylic oxidation sites excluding steroid dienone is 1. The third-order valence-electron chi connectivity index (χ3n) is 4.51. The Morgan fingerprint density at radius 1 is 1.13 bits per heavy atom. The number of rotatable bonds is 7. The molecule has 0 aliphatic rings. The Hall–Kier alpha value is -3.40. The highest BCUT2D eigenvalue weighted by Crippen LogP contribution is 2.32. The first-order valence-electron chi connectivity index (χ1n) is 9.45. The molecule has 0 aliphatic carbocycles. The molecule has 4 rings (SSSR count). The van der Waals surface area contributed by atoms with Gasteiger partial charge in [0.1, 0.15) is 12.7 Å². The molecule has 0 saturated carbocycles. The van der Waals surface area contributed by atoms with E-state index >= 15 is 0 Å². The molecular weight excluding hydrogens is 430 g/mol. The zero-order valence-electron chi connectivity index (χ0n) is 16.6. The summed E-state index contributed by atoms with van der Waals surface area (Å²) in [6.45, 7) is 0.330. The second-order valence-corrected chi connectivity index (χ2v) is 8.01. The SMILES string of the molecule is COc1cc(/C=C(\C#N)Sc2nc3ccccc3[nH]2)ccc1OCc1ccccc1Cl. The van der Waals surface area contributed by atoms with E-state index in [2.05, 4.69) is 16.0 Å². The number of ether oxygens (including phenoxy) is 2. The summed E-state index contributed by atoms with van der Waals surface area (Å²) in [5.41, 5.74) is 3.51. The van der Waals surface area contributed by atoms with Crippen molar-refractivity contribution in [3.8, 4) is 17.6 Å². The van der Waals surface area contributed by atoms with Gasteiger partial charge in [-0.15, -0.1) is 0 Å². The van der Waals surface area contributed by atoms with E-state index in [1.807, 2.05) is 66.7 Å². The van der Waals surface area contributed by atoms with E-state index in [1.54, 1.807) is 13.2 Å². The number of H-pyrrole nitrogens is 1. The van der Waals surface area contributed by atoms with Crippen molar-refractivity contribution in [2.75, 3.05) is 7.11 Å². The predicted octanol–water partition coefficient (Wildman–Crippen LogP) is 6.46. The zero-order chi connectivity index (χ0) is 21.6.